The van der Waals surface area contributed by atoms with Gasteiger partial charge in [0, 0.05) is 10.9 Å². The Labute approximate surface area is 145 Å². The van der Waals surface area contributed by atoms with Gasteiger partial charge >= 0.3 is 0 Å². The molecule has 2 aromatic rings. The monoisotopic (exact) mass is 349 g/mol. The van der Waals surface area contributed by atoms with Crippen molar-refractivity contribution in [1.29, 1.82) is 0 Å². The number of carbonyl (C=O) groups excluding carboxylic acids is 1. The number of amides is 1. The number of benzene rings is 2. The summed E-state index contributed by atoms with van der Waals surface area (Å²) in [6, 6.07) is 13.8. The van der Waals surface area contributed by atoms with E-state index in [-0.39, 0.29) is 17.2 Å². The van der Waals surface area contributed by atoms with Gasteiger partial charge in [-0.15, -0.1) is 11.8 Å². The highest BCUT2D eigenvalue weighted by Gasteiger charge is 2.17. The summed E-state index contributed by atoms with van der Waals surface area (Å²) in [5, 5.41) is 2.59. The predicted molar refractivity (Wildman–Crippen MR) is 94.0 cm³/mol. The third-order valence-corrected chi connectivity index (χ3v) is 4.76. The average Bonchev–Trinajstić information content (AvgIpc) is 2.57. The Kier molecular flexibility index (Phi) is 6.79. The summed E-state index contributed by atoms with van der Waals surface area (Å²) >= 11 is 1.21. The zero-order valence-corrected chi connectivity index (χ0v) is 14.6. The van der Waals surface area contributed by atoms with E-state index in [1.807, 2.05) is 25.1 Å². The van der Waals surface area contributed by atoms with E-state index in [0.29, 0.717) is 4.90 Å². The van der Waals surface area contributed by atoms with Gasteiger partial charge in [0.15, 0.2) is 11.6 Å². The molecule has 2 rings (SSSR count). The fourth-order valence-electron chi connectivity index (χ4n) is 2.27. The standard InChI is InChI=1S/C19H21F2NOS/c1-13(8-9-15-6-4-3-5-7-15)22-19(23)14(2)24-16-10-11-17(20)18(21)12-16/h3-7,10-14H,8-9H2,1-2H3,(H,22,23)/t13-,14-/m0/s1. The smallest absolute Gasteiger partial charge is 0.233 e. The number of hydrogen-bond donors (Lipinski definition) is 1. The maximum absolute atomic E-state index is 13.2. The van der Waals surface area contributed by atoms with E-state index in [4.69, 9.17) is 0 Å². The van der Waals surface area contributed by atoms with Crippen LogP contribution in [-0.4, -0.2) is 17.2 Å². The summed E-state index contributed by atoms with van der Waals surface area (Å²) in [5.74, 6) is -1.89. The Morgan fingerprint density at radius 2 is 1.79 bits per heavy atom. The van der Waals surface area contributed by atoms with Gasteiger partial charge in [0.1, 0.15) is 0 Å². The van der Waals surface area contributed by atoms with Crippen LogP contribution in [0.5, 0.6) is 0 Å². The molecule has 0 aliphatic heterocycles. The summed E-state index contributed by atoms with van der Waals surface area (Å²) in [6.07, 6.45) is 1.74. The molecule has 5 heteroatoms. The first-order valence-corrected chi connectivity index (χ1v) is 8.79. The molecule has 0 spiro atoms. The molecule has 0 heterocycles. The van der Waals surface area contributed by atoms with Gasteiger partial charge in [-0.3, -0.25) is 4.79 Å². The molecule has 2 aromatic carbocycles. The number of rotatable bonds is 7. The molecule has 128 valence electrons. The Hall–Kier alpha value is -1.88. The Balaban J connectivity index is 1.80. The molecule has 0 aliphatic carbocycles. The second-order valence-electron chi connectivity index (χ2n) is 5.77. The fraction of sp³-hybridized carbons (Fsp3) is 0.316. The van der Waals surface area contributed by atoms with Crippen molar-refractivity contribution in [3.8, 4) is 0 Å². The van der Waals surface area contributed by atoms with E-state index < -0.39 is 11.6 Å². The lowest BCUT2D eigenvalue weighted by atomic mass is 10.1. The normalized spacial score (nSPS) is 13.3. The predicted octanol–water partition coefficient (Wildman–Crippen LogP) is 4.58. The minimum absolute atomic E-state index is 0.0470. The number of nitrogens with one attached hydrogen (secondary N) is 1. The van der Waals surface area contributed by atoms with Crippen LogP contribution in [0.25, 0.3) is 0 Å². The topological polar surface area (TPSA) is 29.1 Å². The molecule has 0 fully saturated rings. The zero-order chi connectivity index (χ0) is 17.5. The quantitative estimate of drug-likeness (QED) is 0.741. The maximum Gasteiger partial charge on any atom is 0.233 e. The summed E-state index contributed by atoms with van der Waals surface area (Å²) in [6.45, 7) is 3.72. The second-order valence-corrected chi connectivity index (χ2v) is 7.18. The summed E-state index contributed by atoms with van der Waals surface area (Å²) < 4.78 is 26.1. The summed E-state index contributed by atoms with van der Waals surface area (Å²) in [5.41, 5.74) is 1.24. The minimum Gasteiger partial charge on any atom is -0.353 e. The SMILES string of the molecule is C[C@H](Sc1ccc(F)c(F)c1)C(=O)N[C@@H](C)CCc1ccccc1. The van der Waals surface area contributed by atoms with Gasteiger partial charge in [-0.1, -0.05) is 30.3 Å². The first kappa shape index (κ1) is 18.5. The number of halogens is 2. The third-order valence-electron chi connectivity index (χ3n) is 3.67. The molecule has 0 bridgehead atoms. The van der Waals surface area contributed by atoms with Crippen LogP contribution < -0.4 is 5.32 Å². The highest BCUT2D eigenvalue weighted by Crippen LogP contribution is 2.25. The van der Waals surface area contributed by atoms with Gasteiger partial charge in [-0.05, 0) is 50.5 Å². The fourth-order valence-corrected chi connectivity index (χ4v) is 3.17. The molecule has 24 heavy (non-hydrogen) atoms. The molecule has 0 aliphatic rings. The van der Waals surface area contributed by atoms with Gasteiger partial charge in [0.05, 0.1) is 5.25 Å². The molecule has 2 atom stereocenters. The molecule has 0 radical (unpaired) electrons. The number of aryl methyl sites for hydroxylation is 1. The van der Waals surface area contributed by atoms with Gasteiger partial charge in [-0.25, -0.2) is 8.78 Å². The van der Waals surface area contributed by atoms with E-state index in [1.165, 1.54) is 23.4 Å². The van der Waals surface area contributed by atoms with Gasteiger partial charge in [0.25, 0.3) is 0 Å². The molecule has 0 aromatic heterocycles. The van der Waals surface area contributed by atoms with E-state index in [2.05, 4.69) is 17.4 Å². The van der Waals surface area contributed by atoms with Crippen molar-refractivity contribution in [1.82, 2.24) is 5.32 Å². The van der Waals surface area contributed by atoms with Crippen molar-refractivity contribution in [3.63, 3.8) is 0 Å². The lowest BCUT2D eigenvalue weighted by molar-refractivity contribution is -0.120. The highest BCUT2D eigenvalue weighted by atomic mass is 32.2. The van der Waals surface area contributed by atoms with Crippen LogP contribution in [0.3, 0.4) is 0 Å². The lowest BCUT2D eigenvalue weighted by Gasteiger charge is -2.17. The van der Waals surface area contributed by atoms with Gasteiger partial charge in [-0.2, -0.15) is 0 Å². The van der Waals surface area contributed by atoms with Crippen LogP contribution in [0, 0.1) is 11.6 Å². The second kappa shape index (κ2) is 8.83. The number of thioether (sulfide) groups is 1. The molecule has 0 saturated heterocycles. The van der Waals surface area contributed by atoms with Gasteiger partial charge < -0.3 is 5.32 Å². The highest BCUT2D eigenvalue weighted by molar-refractivity contribution is 8.00. The zero-order valence-electron chi connectivity index (χ0n) is 13.8. The van der Waals surface area contributed by atoms with Crippen LogP contribution in [0.1, 0.15) is 25.8 Å². The van der Waals surface area contributed by atoms with E-state index in [0.717, 1.165) is 25.0 Å². The van der Waals surface area contributed by atoms with Crippen molar-refractivity contribution < 1.29 is 13.6 Å². The van der Waals surface area contributed by atoms with E-state index in [1.54, 1.807) is 6.92 Å². The molecule has 0 unspecified atom stereocenters. The Morgan fingerprint density at radius 1 is 1.08 bits per heavy atom. The van der Waals surface area contributed by atoms with Crippen molar-refractivity contribution in [2.75, 3.05) is 0 Å². The Morgan fingerprint density at radius 3 is 2.46 bits per heavy atom. The molecule has 2 nitrogen and oxygen atoms in total. The molecule has 0 saturated carbocycles. The van der Waals surface area contributed by atoms with Crippen molar-refractivity contribution in [3.05, 3.63) is 65.7 Å². The number of carbonyl (C=O) groups is 1. The molecule has 1 N–H and O–H groups in total. The largest absolute Gasteiger partial charge is 0.353 e. The summed E-state index contributed by atoms with van der Waals surface area (Å²) in [4.78, 5) is 12.8. The van der Waals surface area contributed by atoms with Crippen molar-refractivity contribution in [2.24, 2.45) is 0 Å². The third kappa shape index (κ3) is 5.64. The summed E-state index contributed by atoms with van der Waals surface area (Å²) in [7, 11) is 0. The molecular weight excluding hydrogens is 328 g/mol. The van der Waals surface area contributed by atoms with Crippen LogP contribution in [0.15, 0.2) is 53.4 Å². The van der Waals surface area contributed by atoms with Crippen molar-refractivity contribution in [2.45, 2.75) is 42.9 Å². The lowest BCUT2D eigenvalue weighted by Crippen LogP contribution is -2.37. The van der Waals surface area contributed by atoms with E-state index >= 15 is 0 Å². The van der Waals surface area contributed by atoms with Crippen LogP contribution in [0.2, 0.25) is 0 Å². The average molecular weight is 349 g/mol. The van der Waals surface area contributed by atoms with E-state index in [9.17, 15) is 13.6 Å². The Bertz CT molecular complexity index is 678. The van der Waals surface area contributed by atoms with Crippen LogP contribution >= 0.6 is 11.8 Å². The molecular formula is C19H21F2NOS. The van der Waals surface area contributed by atoms with Crippen molar-refractivity contribution >= 4 is 17.7 Å². The first-order chi connectivity index (χ1) is 11.5. The van der Waals surface area contributed by atoms with Crippen LogP contribution in [-0.2, 0) is 11.2 Å². The first-order valence-electron chi connectivity index (χ1n) is 7.91. The van der Waals surface area contributed by atoms with Crippen LogP contribution in [0.4, 0.5) is 8.78 Å². The molecule has 1 amide bonds. The minimum atomic E-state index is -0.899. The number of hydrogen-bond acceptors (Lipinski definition) is 2. The van der Waals surface area contributed by atoms with Gasteiger partial charge in [0.2, 0.25) is 5.91 Å². The maximum atomic E-state index is 13.2.